The largest absolute Gasteiger partial charge is 0.488 e. The molecular formula is C16H26N2O2. The SMILES string of the molecule is COc1ccc(OC(CC(C)C)[C@H]2CCNC2)c(C)n1. The van der Waals surface area contributed by atoms with Gasteiger partial charge in [0.2, 0.25) is 5.88 Å². The van der Waals surface area contributed by atoms with Crippen LogP contribution in [0.4, 0.5) is 0 Å². The number of hydrogen-bond donors (Lipinski definition) is 1. The van der Waals surface area contributed by atoms with Gasteiger partial charge in [0.25, 0.3) is 0 Å². The number of methoxy groups -OCH3 is 1. The van der Waals surface area contributed by atoms with Gasteiger partial charge in [0, 0.05) is 18.5 Å². The van der Waals surface area contributed by atoms with E-state index in [1.165, 1.54) is 6.42 Å². The van der Waals surface area contributed by atoms with Gasteiger partial charge in [-0.3, -0.25) is 0 Å². The molecule has 0 radical (unpaired) electrons. The third-order valence-electron chi connectivity index (χ3n) is 3.83. The van der Waals surface area contributed by atoms with E-state index in [9.17, 15) is 0 Å². The lowest BCUT2D eigenvalue weighted by molar-refractivity contribution is 0.118. The molecular weight excluding hydrogens is 252 g/mol. The van der Waals surface area contributed by atoms with Crippen LogP contribution in [-0.4, -0.2) is 31.3 Å². The molecule has 1 N–H and O–H groups in total. The zero-order valence-electron chi connectivity index (χ0n) is 13.0. The third kappa shape index (κ3) is 3.85. The van der Waals surface area contributed by atoms with Crippen LogP contribution >= 0.6 is 0 Å². The number of nitrogens with zero attached hydrogens (tertiary/aromatic N) is 1. The van der Waals surface area contributed by atoms with E-state index in [1.54, 1.807) is 7.11 Å². The second-order valence-electron chi connectivity index (χ2n) is 5.98. The van der Waals surface area contributed by atoms with E-state index in [-0.39, 0.29) is 6.10 Å². The van der Waals surface area contributed by atoms with Crippen molar-refractivity contribution in [1.82, 2.24) is 10.3 Å². The average Bonchev–Trinajstić information content (AvgIpc) is 2.93. The zero-order valence-corrected chi connectivity index (χ0v) is 13.0. The summed E-state index contributed by atoms with van der Waals surface area (Å²) < 4.78 is 11.4. The normalized spacial score (nSPS) is 20.1. The standard InChI is InChI=1S/C16H26N2O2/c1-11(2)9-15(13-7-8-17-10-13)20-14-5-6-16(19-4)18-12(14)3/h5-6,11,13,15,17H,7-10H2,1-4H3/t13-,15?/m0/s1. The Morgan fingerprint density at radius 1 is 1.40 bits per heavy atom. The van der Waals surface area contributed by atoms with E-state index in [1.807, 2.05) is 19.1 Å². The Morgan fingerprint density at radius 2 is 2.20 bits per heavy atom. The first-order valence-electron chi connectivity index (χ1n) is 7.49. The van der Waals surface area contributed by atoms with E-state index in [4.69, 9.17) is 9.47 Å². The van der Waals surface area contributed by atoms with E-state index in [2.05, 4.69) is 24.1 Å². The highest BCUT2D eigenvalue weighted by atomic mass is 16.5. The lowest BCUT2D eigenvalue weighted by Gasteiger charge is -2.26. The van der Waals surface area contributed by atoms with Crippen molar-refractivity contribution in [3.63, 3.8) is 0 Å². The second kappa shape index (κ2) is 6.93. The number of pyridine rings is 1. The fourth-order valence-electron chi connectivity index (χ4n) is 2.72. The molecule has 1 aromatic heterocycles. The molecule has 2 heterocycles. The van der Waals surface area contributed by atoms with Crippen molar-refractivity contribution < 1.29 is 9.47 Å². The van der Waals surface area contributed by atoms with Crippen molar-refractivity contribution in [2.45, 2.75) is 39.7 Å². The minimum atomic E-state index is 0.263. The van der Waals surface area contributed by atoms with Gasteiger partial charge in [-0.25, -0.2) is 4.98 Å². The first-order chi connectivity index (χ1) is 9.60. The molecule has 20 heavy (non-hydrogen) atoms. The number of aryl methyl sites for hydroxylation is 1. The summed E-state index contributed by atoms with van der Waals surface area (Å²) >= 11 is 0. The van der Waals surface area contributed by atoms with E-state index in [0.717, 1.165) is 31.0 Å². The molecule has 2 rings (SSSR count). The Bertz CT molecular complexity index is 428. The van der Waals surface area contributed by atoms with Crippen LogP contribution in [0.15, 0.2) is 12.1 Å². The number of hydrogen-bond acceptors (Lipinski definition) is 4. The summed E-state index contributed by atoms with van der Waals surface area (Å²) in [6.07, 6.45) is 2.54. The van der Waals surface area contributed by atoms with Crippen LogP contribution in [0.3, 0.4) is 0 Å². The molecule has 1 fully saturated rings. The predicted octanol–water partition coefficient (Wildman–Crippen LogP) is 2.80. The van der Waals surface area contributed by atoms with Crippen molar-refractivity contribution in [3.05, 3.63) is 17.8 Å². The van der Waals surface area contributed by atoms with Crippen molar-refractivity contribution >= 4 is 0 Å². The number of ether oxygens (including phenoxy) is 2. The van der Waals surface area contributed by atoms with Crippen molar-refractivity contribution in [2.24, 2.45) is 11.8 Å². The van der Waals surface area contributed by atoms with Gasteiger partial charge in [0.05, 0.1) is 12.8 Å². The van der Waals surface area contributed by atoms with Crippen LogP contribution in [0.2, 0.25) is 0 Å². The fourth-order valence-corrected chi connectivity index (χ4v) is 2.72. The first kappa shape index (κ1) is 15.1. The Hall–Kier alpha value is -1.29. The topological polar surface area (TPSA) is 43.4 Å². The van der Waals surface area contributed by atoms with Crippen LogP contribution in [0.1, 0.15) is 32.4 Å². The Balaban J connectivity index is 2.10. The summed E-state index contributed by atoms with van der Waals surface area (Å²) in [5.74, 6) is 2.74. The summed E-state index contributed by atoms with van der Waals surface area (Å²) in [6.45, 7) is 8.62. The molecule has 0 saturated carbocycles. The van der Waals surface area contributed by atoms with Crippen molar-refractivity contribution in [2.75, 3.05) is 20.2 Å². The predicted molar refractivity (Wildman–Crippen MR) is 80.4 cm³/mol. The molecule has 0 aliphatic carbocycles. The van der Waals surface area contributed by atoms with Crippen LogP contribution < -0.4 is 14.8 Å². The molecule has 2 atom stereocenters. The summed E-state index contributed by atoms with van der Waals surface area (Å²) in [7, 11) is 1.63. The van der Waals surface area contributed by atoms with Gasteiger partial charge in [0.15, 0.2) is 0 Å². The van der Waals surface area contributed by atoms with Gasteiger partial charge >= 0.3 is 0 Å². The quantitative estimate of drug-likeness (QED) is 0.869. The van der Waals surface area contributed by atoms with Crippen LogP contribution in [-0.2, 0) is 0 Å². The lowest BCUT2D eigenvalue weighted by Crippen LogP contribution is -2.30. The van der Waals surface area contributed by atoms with Gasteiger partial charge in [-0.15, -0.1) is 0 Å². The molecule has 112 valence electrons. The summed E-state index contributed by atoms with van der Waals surface area (Å²) in [5.41, 5.74) is 0.893. The van der Waals surface area contributed by atoms with Gasteiger partial charge in [-0.1, -0.05) is 13.8 Å². The highest BCUT2D eigenvalue weighted by Crippen LogP contribution is 2.27. The highest BCUT2D eigenvalue weighted by Gasteiger charge is 2.27. The maximum absolute atomic E-state index is 6.28. The monoisotopic (exact) mass is 278 g/mol. The Labute approximate surface area is 121 Å². The highest BCUT2D eigenvalue weighted by molar-refractivity contribution is 5.30. The molecule has 1 aliphatic heterocycles. The molecule has 0 bridgehead atoms. The van der Waals surface area contributed by atoms with Gasteiger partial charge < -0.3 is 14.8 Å². The van der Waals surface area contributed by atoms with Gasteiger partial charge in [-0.2, -0.15) is 0 Å². The van der Waals surface area contributed by atoms with Crippen LogP contribution in [0.5, 0.6) is 11.6 Å². The van der Waals surface area contributed by atoms with E-state index < -0.39 is 0 Å². The van der Waals surface area contributed by atoms with Crippen LogP contribution in [0, 0.1) is 18.8 Å². The maximum Gasteiger partial charge on any atom is 0.213 e. The van der Waals surface area contributed by atoms with E-state index in [0.29, 0.717) is 17.7 Å². The molecule has 0 spiro atoms. The molecule has 0 aromatic carbocycles. The number of nitrogens with one attached hydrogen (secondary N) is 1. The van der Waals surface area contributed by atoms with Crippen LogP contribution in [0.25, 0.3) is 0 Å². The smallest absolute Gasteiger partial charge is 0.213 e. The molecule has 1 unspecified atom stereocenters. The molecule has 4 heteroatoms. The zero-order chi connectivity index (χ0) is 14.5. The van der Waals surface area contributed by atoms with E-state index >= 15 is 0 Å². The maximum atomic E-state index is 6.28. The first-order valence-corrected chi connectivity index (χ1v) is 7.49. The number of aromatic nitrogens is 1. The Kier molecular flexibility index (Phi) is 5.24. The van der Waals surface area contributed by atoms with Crippen molar-refractivity contribution in [1.29, 1.82) is 0 Å². The molecule has 1 aromatic rings. The minimum Gasteiger partial charge on any atom is -0.488 e. The van der Waals surface area contributed by atoms with Gasteiger partial charge in [-0.05, 0) is 38.3 Å². The molecule has 1 saturated heterocycles. The summed E-state index contributed by atoms with van der Waals surface area (Å²) in [6, 6.07) is 3.83. The third-order valence-corrected chi connectivity index (χ3v) is 3.83. The minimum absolute atomic E-state index is 0.263. The molecule has 1 aliphatic rings. The average molecular weight is 278 g/mol. The number of rotatable bonds is 6. The molecule has 4 nitrogen and oxygen atoms in total. The second-order valence-corrected chi connectivity index (χ2v) is 5.98. The molecule has 0 amide bonds. The Morgan fingerprint density at radius 3 is 2.75 bits per heavy atom. The fraction of sp³-hybridized carbons (Fsp3) is 0.688. The summed E-state index contributed by atoms with van der Waals surface area (Å²) in [5, 5.41) is 3.43. The van der Waals surface area contributed by atoms with Crippen molar-refractivity contribution in [3.8, 4) is 11.6 Å². The lowest BCUT2D eigenvalue weighted by atomic mass is 9.93. The summed E-state index contributed by atoms with van der Waals surface area (Å²) in [4.78, 5) is 4.39. The van der Waals surface area contributed by atoms with Gasteiger partial charge in [0.1, 0.15) is 11.9 Å².